The molecule has 5 heteroatoms. The van der Waals surface area contributed by atoms with Crippen LogP contribution in [0.4, 0.5) is 0 Å². The highest BCUT2D eigenvalue weighted by Gasteiger charge is 2.64. The van der Waals surface area contributed by atoms with Crippen molar-refractivity contribution in [2.24, 2.45) is 10.8 Å². The number of carbonyl (C=O) groups excluding carboxylic acids is 3. The van der Waals surface area contributed by atoms with Gasteiger partial charge in [-0.05, 0) is 45.3 Å². The smallest absolute Gasteiger partial charge is 0.322 e. The Morgan fingerprint density at radius 2 is 1.79 bits per heavy atom. The van der Waals surface area contributed by atoms with Gasteiger partial charge in [-0.1, -0.05) is 25.5 Å². The van der Waals surface area contributed by atoms with E-state index >= 15 is 0 Å². The predicted octanol–water partition coefficient (Wildman–Crippen LogP) is 2.66. The van der Waals surface area contributed by atoms with E-state index in [-0.39, 0.29) is 11.7 Å². The van der Waals surface area contributed by atoms with E-state index in [1.807, 2.05) is 13.8 Å². The molecule has 1 heterocycles. The molecule has 1 saturated heterocycles. The molecule has 1 spiro atoms. The zero-order valence-electron chi connectivity index (χ0n) is 15.3. The number of allylic oxidation sites excluding steroid dienone is 2. The Morgan fingerprint density at radius 1 is 1.21 bits per heavy atom. The standard InChI is InChI=1S/C19H27NO4/c1-6-8-9-24-17(23)18(5)16(22)20(7-2)12-19(18)10-13(3)15(21)14(4)11-19/h10-11H,6-9,12H2,1-5H3/t18-/m1/s1. The molecule has 1 amide bonds. The number of likely N-dealkylation sites (tertiary alicyclic amines) is 1. The molecule has 0 aromatic carbocycles. The number of nitrogens with zero attached hydrogens (tertiary/aromatic N) is 1. The fourth-order valence-corrected chi connectivity index (χ4v) is 3.68. The van der Waals surface area contributed by atoms with E-state index in [1.54, 1.807) is 37.8 Å². The maximum absolute atomic E-state index is 13.0. The predicted molar refractivity (Wildman–Crippen MR) is 91.2 cm³/mol. The molecule has 1 aliphatic carbocycles. The number of Topliss-reactive ketones (excluding diaryl/α,β-unsaturated/α-hetero) is 1. The molecule has 2 aliphatic rings. The Hall–Kier alpha value is -1.91. The van der Waals surface area contributed by atoms with Gasteiger partial charge < -0.3 is 9.64 Å². The van der Waals surface area contributed by atoms with Crippen LogP contribution in [-0.4, -0.2) is 42.3 Å². The van der Waals surface area contributed by atoms with Crippen molar-refractivity contribution >= 4 is 17.7 Å². The topological polar surface area (TPSA) is 63.7 Å². The summed E-state index contributed by atoms with van der Waals surface area (Å²) in [5, 5.41) is 0. The van der Waals surface area contributed by atoms with E-state index in [9.17, 15) is 14.4 Å². The summed E-state index contributed by atoms with van der Waals surface area (Å²) >= 11 is 0. The highest BCUT2D eigenvalue weighted by molar-refractivity contribution is 6.11. The number of hydrogen-bond donors (Lipinski definition) is 0. The van der Waals surface area contributed by atoms with Crippen LogP contribution in [-0.2, 0) is 19.1 Å². The number of ether oxygens (including phenoxy) is 1. The van der Waals surface area contributed by atoms with Crippen LogP contribution >= 0.6 is 0 Å². The number of amides is 1. The second-order valence-electron chi connectivity index (χ2n) is 6.96. The Kier molecular flexibility index (Phi) is 5.02. The zero-order chi connectivity index (χ0) is 18.1. The van der Waals surface area contributed by atoms with Gasteiger partial charge in [0.15, 0.2) is 11.2 Å². The minimum absolute atomic E-state index is 0.0373. The van der Waals surface area contributed by atoms with Crippen LogP contribution in [0, 0.1) is 10.8 Å². The van der Waals surface area contributed by atoms with E-state index in [0.29, 0.717) is 30.8 Å². The van der Waals surface area contributed by atoms with Gasteiger partial charge in [-0.15, -0.1) is 0 Å². The second-order valence-corrected chi connectivity index (χ2v) is 6.96. The lowest BCUT2D eigenvalue weighted by atomic mass is 9.62. The number of carbonyl (C=O) groups is 3. The third kappa shape index (κ3) is 2.60. The molecule has 1 aliphatic heterocycles. The molecule has 24 heavy (non-hydrogen) atoms. The molecule has 0 radical (unpaired) electrons. The van der Waals surface area contributed by atoms with Crippen molar-refractivity contribution in [3.8, 4) is 0 Å². The zero-order valence-corrected chi connectivity index (χ0v) is 15.3. The molecule has 0 aromatic heterocycles. The number of hydrogen-bond acceptors (Lipinski definition) is 4. The largest absolute Gasteiger partial charge is 0.465 e. The summed E-state index contributed by atoms with van der Waals surface area (Å²) in [6.45, 7) is 10.3. The van der Waals surface area contributed by atoms with Gasteiger partial charge in [-0.25, -0.2) is 0 Å². The summed E-state index contributed by atoms with van der Waals surface area (Å²) < 4.78 is 5.43. The van der Waals surface area contributed by atoms with Crippen molar-refractivity contribution in [3.63, 3.8) is 0 Å². The van der Waals surface area contributed by atoms with E-state index in [0.717, 1.165) is 12.8 Å². The Bertz CT molecular complexity index is 609. The normalized spacial score (nSPS) is 25.8. The molecule has 0 N–H and O–H groups in total. The lowest BCUT2D eigenvalue weighted by Crippen LogP contribution is -2.48. The average molecular weight is 333 g/mol. The van der Waals surface area contributed by atoms with Crippen molar-refractivity contribution in [2.45, 2.75) is 47.5 Å². The minimum Gasteiger partial charge on any atom is -0.465 e. The van der Waals surface area contributed by atoms with Crippen molar-refractivity contribution in [2.75, 3.05) is 19.7 Å². The van der Waals surface area contributed by atoms with Gasteiger partial charge in [0.2, 0.25) is 5.91 Å². The van der Waals surface area contributed by atoms with Crippen molar-refractivity contribution in [3.05, 3.63) is 23.3 Å². The van der Waals surface area contributed by atoms with Gasteiger partial charge in [-0.2, -0.15) is 0 Å². The molecule has 0 aromatic rings. The lowest BCUT2D eigenvalue weighted by Gasteiger charge is -2.37. The lowest BCUT2D eigenvalue weighted by molar-refractivity contribution is -0.163. The van der Waals surface area contributed by atoms with E-state index in [1.165, 1.54) is 0 Å². The van der Waals surface area contributed by atoms with Gasteiger partial charge in [0.05, 0.1) is 12.0 Å². The summed E-state index contributed by atoms with van der Waals surface area (Å²) in [5.41, 5.74) is -1.01. The SMILES string of the molecule is CCCCOC(=O)[C@@]1(C)C(=O)N(CC)CC12C=C(C)C(=O)C(C)=C2. The van der Waals surface area contributed by atoms with Crippen LogP contribution in [0.5, 0.6) is 0 Å². The fourth-order valence-electron chi connectivity index (χ4n) is 3.68. The number of unbranched alkanes of at least 4 members (excludes halogenated alkanes) is 1. The van der Waals surface area contributed by atoms with Crippen molar-refractivity contribution < 1.29 is 19.1 Å². The summed E-state index contributed by atoms with van der Waals surface area (Å²) in [6, 6.07) is 0. The van der Waals surface area contributed by atoms with Crippen LogP contribution in [0.1, 0.15) is 47.5 Å². The molecule has 0 saturated carbocycles. The highest BCUT2D eigenvalue weighted by atomic mass is 16.5. The van der Waals surface area contributed by atoms with Gasteiger partial charge >= 0.3 is 5.97 Å². The monoisotopic (exact) mass is 333 g/mol. The minimum atomic E-state index is -1.33. The molecule has 1 fully saturated rings. The van der Waals surface area contributed by atoms with Gasteiger partial charge in [0, 0.05) is 13.1 Å². The fraction of sp³-hybridized carbons (Fsp3) is 0.632. The van der Waals surface area contributed by atoms with Crippen LogP contribution in [0.3, 0.4) is 0 Å². The molecular weight excluding hydrogens is 306 g/mol. The van der Waals surface area contributed by atoms with Gasteiger partial charge in [0.25, 0.3) is 0 Å². The highest BCUT2D eigenvalue weighted by Crippen LogP contribution is 2.52. The molecule has 1 atom stereocenters. The van der Waals surface area contributed by atoms with Crippen LogP contribution < -0.4 is 0 Å². The Balaban J connectivity index is 2.50. The first kappa shape index (κ1) is 18.4. The third-order valence-electron chi connectivity index (χ3n) is 5.28. The third-order valence-corrected chi connectivity index (χ3v) is 5.28. The number of ketones is 1. The van der Waals surface area contributed by atoms with E-state index < -0.39 is 16.8 Å². The first-order chi connectivity index (χ1) is 11.2. The van der Waals surface area contributed by atoms with Gasteiger partial charge in [-0.3, -0.25) is 14.4 Å². The molecule has 2 rings (SSSR count). The first-order valence-electron chi connectivity index (χ1n) is 8.63. The maximum atomic E-state index is 13.0. The van der Waals surface area contributed by atoms with E-state index in [4.69, 9.17) is 4.74 Å². The van der Waals surface area contributed by atoms with Gasteiger partial charge in [0.1, 0.15) is 0 Å². The molecule has 5 nitrogen and oxygen atoms in total. The van der Waals surface area contributed by atoms with Crippen molar-refractivity contribution in [1.29, 1.82) is 0 Å². The molecule has 132 valence electrons. The quantitative estimate of drug-likeness (QED) is 0.441. The molecular formula is C19H27NO4. The Labute approximate surface area is 143 Å². The summed E-state index contributed by atoms with van der Waals surface area (Å²) in [4.78, 5) is 39.7. The Morgan fingerprint density at radius 3 is 2.29 bits per heavy atom. The van der Waals surface area contributed by atoms with E-state index in [2.05, 4.69) is 0 Å². The first-order valence-corrected chi connectivity index (χ1v) is 8.63. The maximum Gasteiger partial charge on any atom is 0.322 e. The van der Waals surface area contributed by atoms with Crippen LogP contribution in [0.15, 0.2) is 23.3 Å². The summed E-state index contributed by atoms with van der Waals surface area (Å²) in [6.07, 6.45) is 5.26. The molecule has 0 bridgehead atoms. The van der Waals surface area contributed by atoms with Crippen LogP contribution in [0.25, 0.3) is 0 Å². The number of esters is 1. The molecule has 0 unspecified atom stereocenters. The van der Waals surface area contributed by atoms with Crippen LogP contribution in [0.2, 0.25) is 0 Å². The summed E-state index contributed by atoms with van der Waals surface area (Å²) in [5.74, 6) is -0.766. The second kappa shape index (κ2) is 6.54. The summed E-state index contributed by atoms with van der Waals surface area (Å²) in [7, 11) is 0. The number of rotatable bonds is 5. The van der Waals surface area contributed by atoms with Crippen molar-refractivity contribution in [1.82, 2.24) is 4.90 Å². The average Bonchev–Trinajstić information content (AvgIpc) is 2.75.